The van der Waals surface area contributed by atoms with Crippen molar-refractivity contribution in [2.75, 3.05) is 6.61 Å². The van der Waals surface area contributed by atoms with Crippen molar-refractivity contribution in [3.05, 3.63) is 41.7 Å². The molecule has 1 atom stereocenters. The van der Waals surface area contributed by atoms with E-state index in [1.54, 1.807) is 0 Å². The predicted octanol–water partition coefficient (Wildman–Crippen LogP) is 0.0962. The zero-order valence-corrected chi connectivity index (χ0v) is 11.6. The lowest BCUT2D eigenvalue weighted by atomic mass is 10.0. The third-order valence-electron chi connectivity index (χ3n) is 3.31. The van der Waals surface area contributed by atoms with E-state index < -0.39 is 5.97 Å². The molecule has 0 saturated heterocycles. The van der Waals surface area contributed by atoms with Gasteiger partial charge in [-0.15, -0.1) is 5.10 Å². The zero-order chi connectivity index (χ0) is 15.5. The van der Waals surface area contributed by atoms with Crippen LogP contribution in [-0.2, 0) is 17.8 Å². The van der Waals surface area contributed by atoms with Gasteiger partial charge in [0.25, 0.3) is 0 Å². The Morgan fingerprint density at radius 3 is 3.00 bits per heavy atom. The van der Waals surface area contributed by atoms with Crippen LogP contribution < -0.4 is 10.1 Å². The van der Waals surface area contributed by atoms with Crippen LogP contribution in [-0.4, -0.2) is 44.6 Å². The summed E-state index contributed by atoms with van der Waals surface area (Å²) in [6.45, 7) is 0.318. The molecule has 2 aromatic rings. The van der Waals surface area contributed by atoms with Gasteiger partial charge in [0.05, 0.1) is 12.2 Å². The number of rotatable bonds is 4. The van der Waals surface area contributed by atoms with Gasteiger partial charge < -0.3 is 15.2 Å². The predicted molar refractivity (Wildman–Crippen MR) is 74.6 cm³/mol. The molecule has 0 spiro atoms. The molecule has 1 unspecified atom stereocenters. The molecular weight excluding hydrogens is 288 g/mol. The van der Waals surface area contributed by atoms with E-state index in [1.165, 1.54) is 10.9 Å². The van der Waals surface area contributed by atoms with E-state index in [-0.39, 0.29) is 24.2 Å². The summed E-state index contributed by atoms with van der Waals surface area (Å²) >= 11 is 0. The molecule has 8 nitrogen and oxygen atoms in total. The fourth-order valence-electron chi connectivity index (χ4n) is 2.31. The first kappa shape index (κ1) is 14.1. The van der Waals surface area contributed by atoms with Gasteiger partial charge in [-0.2, -0.15) is 0 Å². The third-order valence-corrected chi connectivity index (χ3v) is 3.31. The third kappa shape index (κ3) is 3.05. The second-order valence-electron chi connectivity index (χ2n) is 4.99. The van der Waals surface area contributed by atoms with E-state index >= 15 is 0 Å². The van der Waals surface area contributed by atoms with Crippen LogP contribution in [0.25, 0.3) is 0 Å². The number of amides is 1. The second kappa shape index (κ2) is 5.84. The van der Waals surface area contributed by atoms with E-state index in [2.05, 4.69) is 15.6 Å². The molecule has 2 N–H and O–H groups in total. The molecule has 0 fully saturated rings. The van der Waals surface area contributed by atoms with Crippen LogP contribution in [0.1, 0.15) is 16.1 Å². The number of carboxylic acids is 1. The number of aromatic carboxylic acids is 1. The number of benzene rings is 1. The van der Waals surface area contributed by atoms with Crippen molar-refractivity contribution in [1.82, 2.24) is 20.3 Å². The minimum atomic E-state index is -1.18. The van der Waals surface area contributed by atoms with Crippen LogP contribution in [0.15, 0.2) is 30.5 Å². The molecular formula is C14H14N4O4. The molecule has 8 heteroatoms. The van der Waals surface area contributed by atoms with Gasteiger partial charge in [0, 0.05) is 0 Å². The molecule has 0 radical (unpaired) electrons. The summed E-state index contributed by atoms with van der Waals surface area (Å²) in [6.07, 6.45) is 1.91. The van der Waals surface area contributed by atoms with Gasteiger partial charge >= 0.3 is 5.97 Å². The van der Waals surface area contributed by atoms with Crippen LogP contribution >= 0.6 is 0 Å². The first-order chi connectivity index (χ1) is 10.6. The molecule has 2 heterocycles. The summed E-state index contributed by atoms with van der Waals surface area (Å²) in [6, 6.07) is 7.57. The number of carbonyl (C=O) groups is 2. The molecule has 1 aliphatic heterocycles. The highest BCUT2D eigenvalue weighted by atomic mass is 16.5. The lowest BCUT2D eigenvalue weighted by Crippen LogP contribution is -2.44. The smallest absolute Gasteiger partial charge is 0.358 e. The molecule has 114 valence electrons. The van der Waals surface area contributed by atoms with Gasteiger partial charge in [-0.25, -0.2) is 9.48 Å². The minimum Gasteiger partial charge on any atom is -0.491 e. The number of para-hydroxylation sites is 1. The Kier molecular flexibility index (Phi) is 3.73. The molecule has 1 aromatic heterocycles. The van der Waals surface area contributed by atoms with Crippen molar-refractivity contribution in [3.8, 4) is 5.75 Å². The molecule has 1 aliphatic rings. The molecule has 3 rings (SSSR count). The van der Waals surface area contributed by atoms with E-state index in [0.29, 0.717) is 13.0 Å². The Hall–Kier alpha value is -2.90. The summed E-state index contributed by atoms with van der Waals surface area (Å²) in [7, 11) is 0. The normalized spacial score (nSPS) is 16.5. The molecule has 22 heavy (non-hydrogen) atoms. The molecule has 1 amide bonds. The van der Waals surface area contributed by atoms with Gasteiger partial charge in [-0.05, 0) is 18.1 Å². The van der Waals surface area contributed by atoms with Gasteiger partial charge in [0.1, 0.15) is 18.9 Å². The largest absolute Gasteiger partial charge is 0.491 e. The van der Waals surface area contributed by atoms with E-state index in [1.807, 2.05) is 24.3 Å². The van der Waals surface area contributed by atoms with Gasteiger partial charge in [-0.3, -0.25) is 4.79 Å². The molecule has 0 saturated carbocycles. The van der Waals surface area contributed by atoms with Crippen molar-refractivity contribution in [3.63, 3.8) is 0 Å². The number of carboxylic acid groups (broad SMARTS) is 1. The number of aromatic nitrogens is 3. The first-order valence-corrected chi connectivity index (χ1v) is 6.75. The van der Waals surface area contributed by atoms with Gasteiger partial charge in [-0.1, -0.05) is 23.4 Å². The monoisotopic (exact) mass is 302 g/mol. The summed E-state index contributed by atoms with van der Waals surface area (Å²) < 4.78 is 6.79. The van der Waals surface area contributed by atoms with Crippen LogP contribution in [0.3, 0.4) is 0 Å². The van der Waals surface area contributed by atoms with Crippen molar-refractivity contribution in [2.24, 2.45) is 0 Å². The second-order valence-corrected chi connectivity index (χ2v) is 4.99. The maximum Gasteiger partial charge on any atom is 0.358 e. The van der Waals surface area contributed by atoms with Gasteiger partial charge in [0.2, 0.25) is 5.91 Å². The van der Waals surface area contributed by atoms with Crippen LogP contribution in [0, 0.1) is 0 Å². The maximum absolute atomic E-state index is 12.0. The standard InChI is InChI=1S/C14H14N4O4/c19-13(7-18-6-11(14(20)21)16-17-18)15-10-5-9-3-1-2-4-12(9)22-8-10/h1-4,6,10H,5,7-8H2,(H,15,19)(H,20,21). The summed E-state index contributed by atoms with van der Waals surface area (Å²) in [5.74, 6) is -0.603. The molecule has 0 aliphatic carbocycles. The van der Waals surface area contributed by atoms with Crippen LogP contribution in [0.5, 0.6) is 5.75 Å². The number of hydrogen-bond donors (Lipinski definition) is 2. The first-order valence-electron chi connectivity index (χ1n) is 6.75. The van der Waals surface area contributed by atoms with Crippen LogP contribution in [0.2, 0.25) is 0 Å². The quantitative estimate of drug-likeness (QED) is 0.829. The lowest BCUT2D eigenvalue weighted by Gasteiger charge is -2.25. The Morgan fingerprint density at radius 2 is 2.23 bits per heavy atom. The molecule has 0 bridgehead atoms. The summed E-state index contributed by atoms with van der Waals surface area (Å²) in [5, 5.41) is 18.7. The number of nitrogens with one attached hydrogen (secondary N) is 1. The summed E-state index contributed by atoms with van der Waals surface area (Å²) in [4.78, 5) is 22.7. The Labute approximate surface area is 125 Å². The van der Waals surface area contributed by atoms with E-state index in [9.17, 15) is 9.59 Å². The highest BCUT2D eigenvalue weighted by molar-refractivity contribution is 5.84. The maximum atomic E-state index is 12.0. The van der Waals surface area contributed by atoms with Crippen molar-refractivity contribution < 1.29 is 19.4 Å². The molecule has 1 aromatic carbocycles. The Morgan fingerprint density at radius 1 is 1.41 bits per heavy atom. The Bertz CT molecular complexity index is 712. The average molecular weight is 302 g/mol. The fraction of sp³-hybridized carbons (Fsp3) is 0.286. The number of carbonyl (C=O) groups excluding carboxylic acids is 1. The van der Waals surface area contributed by atoms with Crippen molar-refractivity contribution in [1.29, 1.82) is 0 Å². The van der Waals surface area contributed by atoms with E-state index in [4.69, 9.17) is 9.84 Å². The number of fused-ring (bicyclic) bond motifs is 1. The minimum absolute atomic E-state index is 0.0849. The zero-order valence-electron chi connectivity index (χ0n) is 11.6. The number of hydrogen-bond acceptors (Lipinski definition) is 5. The fourth-order valence-corrected chi connectivity index (χ4v) is 2.31. The lowest BCUT2D eigenvalue weighted by molar-refractivity contribution is -0.122. The Balaban J connectivity index is 1.57. The summed E-state index contributed by atoms with van der Waals surface area (Å²) in [5.41, 5.74) is 0.857. The van der Waals surface area contributed by atoms with Crippen molar-refractivity contribution in [2.45, 2.75) is 19.0 Å². The van der Waals surface area contributed by atoms with Crippen LogP contribution in [0.4, 0.5) is 0 Å². The topological polar surface area (TPSA) is 106 Å². The highest BCUT2D eigenvalue weighted by Crippen LogP contribution is 2.23. The van der Waals surface area contributed by atoms with E-state index in [0.717, 1.165) is 11.3 Å². The highest BCUT2D eigenvalue weighted by Gasteiger charge is 2.21. The number of nitrogens with zero attached hydrogens (tertiary/aromatic N) is 3. The SMILES string of the molecule is O=C(Cn1cc(C(=O)O)nn1)NC1COc2ccccc2C1. The van der Waals surface area contributed by atoms with Crippen molar-refractivity contribution >= 4 is 11.9 Å². The number of ether oxygens (including phenoxy) is 1. The average Bonchev–Trinajstić information content (AvgIpc) is 2.95. The van der Waals surface area contributed by atoms with Gasteiger partial charge in [0.15, 0.2) is 5.69 Å².